The number of hydrogen-bond acceptors (Lipinski definition) is 5. The normalized spacial score (nSPS) is 13.2. The lowest BCUT2D eigenvalue weighted by molar-refractivity contribution is -0.142. The summed E-state index contributed by atoms with van der Waals surface area (Å²) in [4.78, 5) is 27.6. The van der Waals surface area contributed by atoms with Crippen LogP contribution in [0.15, 0.2) is 42.9 Å². The Balaban J connectivity index is 2.11. The monoisotopic (exact) mass is 316 g/mol. The van der Waals surface area contributed by atoms with Crippen molar-refractivity contribution in [1.29, 1.82) is 0 Å². The van der Waals surface area contributed by atoms with Crippen LogP contribution in [0.25, 0.3) is 0 Å². The zero-order valence-corrected chi connectivity index (χ0v) is 13.4. The van der Waals surface area contributed by atoms with Gasteiger partial charge in [0.05, 0.1) is 32.1 Å². The Morgan fingerprint density at radius 1 is 1.22 bits per heavy atom. The predicted octanol–water partition coefficient (Wildman–Crippen LogP) is 2.60. The lowest BCUT2D eigenvalue weighted by Crippen LogP contribution is -2.22. The van der Waals surface area contributed by atoms with E-state index < -0.39 is 18.0 Å². The van der Waals surface area contributed by atoms with E-state index in [1.807, 2.05) is 37.3 Å². The number of ether oxygens (including phenoxy) is 2. The van der Waals surface area contributed by atoms with Crippen molar-refractivity contribution in [3.63, 3.8) is 0 Å². The minimum Gasteiger partial charge on any atom is -0.469 e. The fourth-order valence-corrected chi connectivity index (χ4v) is 2.27. The summed E-state index contributed by atoms with van der Waals surface area (Å²) >= 11 is 0. The molecule has 0 amide bonds. The number of hydrogen-bond donors (Lipinski definition) is 0. The number of rotatable bonds is 6. The number of benzene rings is 1. The van der Waals surface area contributed by atoms with Crippen molar-refractivity contribution < 1.29 is 19.1 Å². The zero-order valence-electron chi connectivity index (χ0n) is 13.4. The number of methoxy groups -OCH3 is 1. The van der Waals surface area contributed by atoms with Crippen LogP contribution in [0.3, 0.4) is 0 Å². The maximum Gasteiger partial charge on any atom is 0.356 e. The highest BCUT2D eigenvalue weighted by Gasteiger charge is 2.21. The minimum absolute atomic E-state index is 0.0185. The third-order valence-electron chi connectivity index (χ3n) is 3.56. The van der Waals surface area contributed by atoms with E-state index in [4.69, 9.17) is 4.74 Å². The van der Waals surface area contributed by atoms with Crippen LogP contribution in [-0.4, -0.2) is 34.7 Å². The standard InChI is InChI=1S/C17H20N2O4/c1-12(9-16(20)22-3)23-17(21)15-10-18-11-19(15)13(2)14-7-5-4-6-8-14/h4-8,10-13H,9H2,1-3H3/t12-,13-/m1/s1. The van der Waals surface area contributed by atoms with Crippen LogP contribution in [0, 0.1) is 0 Å². The molecular formula is C17H20N2O4. The van der Waals surface area contributed by atoms with Crippen molar-refractivity contribution in [2.75, 3.05) is 7.11 Å². The Kier molecular flexibility index (Phi) is 5.51. The van der Waals surface area contributed by atoms with Gasteiger partial charge in [0.1, 0.15) is 11.8 Å². The Morgan fingerprint density at radius 3 is 2.57 bits per heavy atom. The van der Waals surface area contributed by atoms with Crippen LogP contribution in [0.2, 0.25) is 0 Å². The molecule has 0 radical (unpaired) electrons. The van der Waals surface area contributed by atoms with Crippen molar-refractivity contribution in [2.45, 2.75) is 32.4 Å². The maximum absolute atomic E-state index is 12.3. The van der Waals surface area contributed by atoms with Crippen LogP contribution in [0.4, 0.5) is 0 Å². The second-order valence-electron chi connectivity index (χ2n) is 5.27. The van der Waals surface area contributed by atoms with Gasteiger partial charge in [-0.15, -0.1) is 0 Å². The minimum atomic E-state index is -0.565. The van der Waals surface area contributed by atoms with E-state index in [1.54, 1.807) is 17.8 Å². The molecule has 0 aliphatic carbocycles. The molecule has 0 bridgehead atoms. The third-order valence-corrected chi connectivity index (χ3v) is 3.56. The zero-order chi connectivity index (χ0) is 16.8. The molecule has 1 aromatic carbocycles. The molecule has 6 heteroatoms. The molecule has 0 N–H and O–H groups in total. The number of esters is 2. The highest BCUT2D eigenvalue weighted by Crippen LogP contribution is 2.20. The van der Waals surface area contributed by atoms with Crippen molar-refractivity contribution in [3.05, 3.63) is 54.1 Å². The van der Waals surface area contributed by atoms with Gasteiger partial charge >= 0.3 is 11.9 Å². The topological polar surface area (TPSA) is 70.4 Å². The molecule has 0 aliphatic rings. The van der Waals surface area contributed by atoms with E-state index in [2.05, 4.69) is 9.72 Å². The van der Waals surface area contributed by atoms with Crippen molar-refractivity contribution in [1.82, 2.24) is 9.55 Å². The smallest absolute Gasteiger partial charge is 0.356 e. The predicted molar refractivity (Wildman–Crippen MR) is 84.0 cm³/mol. The average Bonchev–Trinajstić information content (AvgIpc) is 3.04. The maximum atomic E-state index is 12.3. The second kappa shape index (κ2) is 7.58. The van der Waals surface area contributed by atoms with Gasteiger partial charge in [-0.2, -0.15) is 0 Å². The molecule has 0 spiro atoms. The van der Waals surface area contributed by atoms with Crippen LogP contribution < -0.4 is 0 Å². The summed E-state index contributed by atoms with van der Waals surface area (Å²) in [5, 5.41) is 0. The first-order chi connectivity index (χ1) is 11.0. The number of aromatic nitrogens is 2. The Hall–Kier alpha value is -2.63. The molecule has 2 rings (SSSR count). The summed E-state index contributed by atoms with van der Waals surface area (Å²) in [6.07, 6.45) is 2.52. The highest BCUT2D eigenvalue weighted by molar-refractivity contribution is 5.87. The molecule has 0 aliphatic heterocycles. The fourth-order valence-electron chi connectivity index (χ4n) is 2.27. The number of imidazole rings is 1. The number of carbonyl (C=O) groups is 2. The largest absolute Gasteiger partial charge is 0.469 e. The Labute approximate surface area is 135 Å². The number of nitrogens with zero attached hydrogens (tertiary/aromatic N) is 2. The van der Waals surface area contributed by atoms with Gasteiger partial charge in [-0.1, -0.05) is 30.3 Å². The van der Waals surface area contributed by atoms with E-state index in [1.165, 1.54) is 13.3 Å². The van der Waals surface area contributed by atoms with Crippen LogP contribution in [0.1, 0.15) is 42.4 Å². The summed E-state index contributed by atoms with van der Waals surface area (Å²) in [6, 6.07) is 9.74. The van der Waals surface area contributed by atoms with E-state index in [0.29, 0.717) is 5.69 Å². The molecule has 1 aromatic heterocycles. The van der Waals surface area contributed by atoms with E-state index in [0.717, 1.165) is 5.56 Å². The summed E-state index contributed by atoms with van der Waals surface area (Å²) < 4.78 is 11.6. The lowest BCUT2D eigenvalue weighted by atomic mass is 10.1. The van der Waals surface area contributed by atoms with Gasteiger partial charge in [-0.3, -0.25) is 4.79 Å². The molecule has 0 fully saturated rings. The van der Waals surface area contributed by atoms with Gasteiger partial charge in [0, 0.05) is 0 Å². The average molecular weight is 316 g/mol. The lowest BCUT2D eigenvalue weighted by Gasteiger charge is -2.18. The third kappa shape index (κ3) is 4.18. The molecule has 6 nitrogen and oxygen atoms in total. The van der Waals surface area contributed by atoms with Gasteiger partial charge in [0.2, 0.25) is 0 Å². The second-order valence-corrected chi connectivity index (χ2v) is 5.27. The molecule has 0 unspecified atom stereocenters. The van der Waals surface area contributed by atoms with E-state index >= 15 is 0 Å². The molecule has 23 heavy (non-hydrogen) atoms. The summed E-state index contributed by atoms with van der Waals surface area (Å²) in [6.45, 7) is 3.63. The summed E-state index contributed by atoms with van der Waals surface area (Å²) in [5.74, 6) is -0.932. The van der Waals surface area contributed by atoms with E-state index in [9.17, 15) is 9.59 Å². The highest BCUT2D eigenvalue weighted by atomic mass is 16.6. The van der Waals surface area contributed by atoms with Crippen LogP contribution in [0.5, 0.6) is 0 Å². The van der Waals surface area contributed by atoms with Crippen molar-refractivity contribution in [3.8, 4) is 0 Å². The van der Waals surface area contributed by atoms with Gasteiger partial charge in [-0.25, -0.2) is 9.78 Å². The van der Waals surface area contributed by atoms with E-state index in [-0.39, 0.29) is 12.5 Å². The molecule has 2 aromatic rings. The summed E-state index contributed by atoms with van der Waals surface area (Å²) in [7, 11) is 1.30. The quantitative estimate of drug-likeness (QED) is 0.766. The van der Waals surface area contributed by atoms with Gasteiger partial charge < -0.3 is 14.0 Å². The molecule has 122 valence electrons. The molecule has 2 atom stereocenters. The number of carbonyl (C=O) groups excluding carboxylic acids is 2. The first-order valence-electron chi connectivity index (χ1n) is 7.37. The molecular weight excluding hydrogens is 296 g/mol. The van der Waals surface area contributed by atoms with Gasteiger partial charge in [0.15, 0.2) is 0 Å². The fraction of sp³-hybridized carbons (Fsp3) is 0.353. The van der Waals surface area contributed by atoms with Crippen LogP contribution >= 0.6 is 0 Å². The van der Waals surface area contributed by atoms with Gasteiger partial charge in [-0.05, 0) is 19.4 Å². The SMILES string of the molecule is COC(=O)C[C@@H](C)OC(=O)c1cncn1[C@H](C)c1ccccc1. The summed E-state index contributed by atoms with van der Waals surface area (Å²) in [5.41, 5.74) is 1.40. The van der Waals surface area contributed by atoms with Crippen molar-refractivity contribution >= 4 is 11.9 Å². The first-order valence-corrected chi connectivity index (χ1v) is 7.37. The van der Waals surface area contributed by atoms with Gasteiger partial charge in [0.25, 0.3) is 0 Å². The first kappa shape index (κ1) is 16.7. The molecule has 0 saturated heterocycles. The van der Waals surface area contributed by atoms with Crippen LogP contribution in [-0.2, 0) is 14.3 Å². The Morgan fingerprint density at radius 2 is 1.91 bits per heavy atom. The molecule has 1 heterocycles. The van der Waals surface area contributed by atoms with Crippen molar-refractivity contribution in [2.24, 2.45) is 0 Å². The molecule has 0 saturated carbocycles. The Bertz CT molecular complexity index is 666.